The van der Waals surface area contributed by atoms with E-state index in [1.807, 2.05) is 12.1 Å². The van der Waals surface area contributed by atoms with E-state index in [9.17, 15) is 8.42 Å². The van der Waals surface area contributed by atoms with Gasteiger partial charge in [-0.25, -0.2) is 13.4 Å². The number of hydrogen-bond acceptors (Lipinski definition) is 6. The van der Waals surface area contributed by atoms with Crippen molar-refractivity contribution in [3.63, 3.8) is 0 Å². The van der Waals surface area contributed by atoms with Gasteiger partial charge in [-0.15, -0.1) is 0 Å². The van der Waals surface area contributed by atoms with Crippen molar-refractivity contribution in [2.45, 2.75) is 50.5 Å². The third kappa shape index (κ3) is 4.37. The van der Waals surface area contributed by atoms with Gasteiger partial charge in [0.25, 0.3) is 0 Å². The first-order valence-electron chi connectivity index (χ1n) is 8.63. The SMILES string of the molecule is CC(C)c1nsc(NCc2ccc(S(=O)(=O)N3CCCCC3)cc2)n1. The second-order valence-corrected chi connectivity index (χ2v) is 9.26. The van der Waals surface area contributed by atoms with E-state index in [-0.39, 0.29) is 0 Å². The molecule has 6 nitrogen and oxygen atoms in total. The molecule has 0 bridgehead atoms. The molecule has 0 atom stereocenters. The Bertz CT molecular complexity index is 794. The zero-order chi connectivity index (χ0) is 17.9. The Kier molecular flexibility index (Phi) is 5.71. The molecule has 25 heavy (non-hydrogen) atoms. The maximum atomic E-state index is 12.6. The number of piperidine rings is 1. The van der Waals surface area contributed by atoms with Crippen molar-refractivity contribution in [2.24, 2.45) is 0 Å². The summed E-state index contributed by atoms with van der Waals surface area (Å²) in [7, 11) is -3.36. The van der Waals surface area contributed by atoms with Crippen LogP contribution in [-0.2, 0) is 16.6 Å². The molecule has 1 aliphatic rings. The lowest BCUT2D eigenvalue weighted by Gasteiger charge is -2.25. The lowest BCUT2D eigenvalue weighted by molar-refractivity contribution is 0.346. The zero-order valence-corrected chi connectivity index (χ0v) is 16.2. The molecule has 0 saturated carbocycles. The molecule has 136 valence electrons. The predicted octanol–water partition coefficient (Wildman–Crippen LogP) is 3.45. The van der Waals surface area contributed by atoms with E-state index in [0.29, 0.717) is 30.4 Å². The first kappa shape index (κ1) is 18.3. The first-order valence-corrected chi connectivity index (χ1v) is 10.8. The van der Waals surface area contributed by atoms with Crippen LogP contribution >= 0.6 is 11.5 Å². The first-order chi connectivity index (χ1) is 12.0. The Morgan fingerprint density at radius 3 is 2.44 bits per heavy atom. The molecule has 2 aromatic rings. The molecular formula is C17H24N4O2S2. The summed E-state index contributed by atoms with van der Waals surface area (Å²) in [5.41, 5.74) is 1.01. The van der Waals surface area contributed by atoms with Crippen molar-refractivity contribution in [1.82, 2.24) is 13.7 Å². The summed E-state index contributed by atoms with van der Waals surface area (Å²) in [6.45, 7) is 5.97. The number of nitrogens with zero attached hydrogens (tertiary/aromatic N) is 3. The van der Waals surface area contributed by atoms with Gasteiger partial charge in [-0.05, 0) is 30.5 Å². The number of benzene rings is 1. The molecule has 3 rings (SSSR count). The summed E-state index contributed by atoms with van der Waals surface area (Å²) >= 11 is 1.35. The Balaban J connectivity index is 1.63. The van der Waals surface area contributed by atoms with Crippen LogP contribution in [0.5, 0.6) is 0 Å². The van der Waals surface area contributed by atoms with Crippen LogP contribution in [0.1, 0.15) is 50.4 Å². The van der Waals surface area contributed by atoms with Crippen LogP contribution in [0.25, 0.3) is 0 Å². The van der Waals surface area contributed by atoms with Crippen LogP contribution in [-0.4, -0.2) is 35.2 Å². The van der Waals surface area contributed by atoms with Gasteiger partial charge in [0.1, 0.15) is 5.82 Å². The second-order valence-electron chi connectivity index (χ2n) is 6.57. The summed E-state index contributed by atoms with van der Waals surface area (Å²) in [5, 5.41) is 4.03. The van der Waals surface area contributed by atoms with Crippen LogP contribution in [0.3, 0.4) is 0 Å². The number of rotatable bonds is 6. The highest BCUT2D eigenvalue weighted by Crippen LogP contribution is 2.22. The van der Waals surface area contributed by atoms with Crippen LogP contribution in [0.2, 0.25) is 0 Å². The van der Waals surface area contributed by atoms with Crippen LogP contribution in [0, 0.1) is 0 Å². The van der Waals surface area contributed by atoms with Crippen LogP contribution in [0.15, 0.2) is 29.2 Å². The second kappa shape index (κ2) is 7.80. The monoisotopic (exact) mass is 380 g/mol. The normalized spacial score (nSPS) is 16.3. The minimum atomic E-state index is -3.36. The van der Waals surface area contributed by atoms with Crippen molar-refractivity contribution >= 4 is 26.7 Å². The van der Waals surface area contributed by atoms with E-state index in [4.69, 9.17) is 0 Å². The molecule has 8 heteroatoms. The van der Waals surface area contributed by atoms with E-state index in [1.165, 1.54) is 11.5 Å². The minimum absolute atomic E-state index is 0.311. The molecule has 2 heterocycles. The molecule has 0 aliphatic carbocycles. The molecular weight excluding hydrogens is 356 g/mol. The fourth-order valence-corrected chi connectivity index (χ4v) is 4.97. The highest BCUT2D eigenvalue weighted by Gasteiger charge is 2.25. The summed E-state index contributed by atoms with van der Waals surface area (Å²) in [6.07, 6.45) is 3.00. The van der Waals surface area contributed by atoms with E-state index in [2.05, 4.69) is 28.5 Å². The van der Waals surface area contributed by atoms with Crippen molar-refractivity contribution in [3.8, 4) is 0 Å². The smallest absolute Gasteiger partial charge is 0.243 e. The molecule has 1 N–H and O–H groups in total. The number of sulfonamides is 1. The van der Waals surface area contributed by atoms with E-state index >= 15 is 0 Å². The number of nitrogens with one attached hydrogen (secondary N) is 1. The number of hydrogen-bond donors (Lipinski definition) is 1. The Morgan fingerprint density at radius 1 is 1.16 bits per heavy atom. The predicted molar refractivity (Wildman–Crippen MR) is 100 cm³/mol. The Hall–Kier alpha value is -1.51. The molecule has 1 aromatic heterocycles. The summed E-state index contributed by atoms with van der Waals surface area (Å²) in [4.78, 5) is 4.81. The van der Waals surface area contributed by atoms with Gasteiger partial charge in [0.05, 0.1) is 4.90 Å². The lowest BCUT2D eigenvalue weighted by Crippen LogP contribution is -2.35. The van der Waals surface area contributed by atoms with Gasteiger partial charge in [0, 0.05) is 37.1 Å². The topological polar surface area (TPSA) is 75.2 Å². The summed E-state index contributed by atoms with van der Waals surface area (Å²) < 4.78 is 31.2. The van der Waals surface area contributed by atoms with Gasteiger partial charge in [0.15, 0.2) is 0 Å². The fraction of sp³-hybridized carbons (Fsp3) is 0.529. The maximum absolute atomic E-state index is 12.6. The zero-order valence-electron chi connectivity index (χ0n) is 14.6. The van der Waals surface area contributed by atoms with Gasteiger partial charge in [-0.2, -0.15) is 8.68 Å². The van der Waals surface area contributed by atoms with Gasteiger partial charge in [0.2, 0.25) is 15.2 Å². The lowest BCUT2D eigenvalue weighted by atomic mass is 10.2. The summed E-state index contributed by atoms with van der Waals surface area (Å²) in [5.74, 6) is 1.15. The van der Waals surface area contributed by atoms with Gasteiger partial charge in [-0.3, -0.25) is 0 Å². The molecule has 1 fully saturated rings. The largest absolute Gasteiger partial charge is 0.356 e. The average molecular weight is 381 g/mol. The molecule has 1 saturated heterocycles. The van der Waals surface area contributed by atoms with Crippen LogP contribution < -0.4 is 5.32 Å². The average Bonchev–Trinajstić information content (AvgIpc) is 3.10. The van der Waals surface area contributed by atoms with Crippen molar-refractivity contribution in [2.75, 3.05) is 18.4 Å². The highest BCUT2D eigenvalue weighted by atomic mass is 32.2. The van der Waals surface area contributed by atoms with Gasteiger partial charge >= 0.3 is 0 Å². The van der Waals surface area contributed by atoms with Crippen molar-refractivity contribution in [1.29, 1.82) is 0 Å². The quantitative estimate of drug-likeness (QED) is 0.831. The van der Waals surface area contributed by atoms with Crippen molar-refractivity contribution in [3.05, 3.63) is 35.7 Å². The number of anilines is 1. The fourth-order valence-electron chi connectivity index (χ4n) is 2.75. The van der Waals surface area contributed by atoms with Gasteiger partial charge < -0.3 is 5.32 Å². The number of aromatic nitrogens is 2. The van der Waals surface area contributed by atoms with Gasteiger partial charge in [-0.1, -0.05) is 32.4 Å². The van der Waals surface area contributed by atoms with Crippen LogP contribution in [0.4, 0.5) is 5.13 Å². The van der Waals surface area contributed by atoms with E-state index < -0.39 is 10.0 Å². The molecule has 0 spiro atoms. The van der Waals surface area contributed by atoms with E-state index in [0.717, 1.165) is 35.8 Å². The third-order valence-electron chi connectivity index (χ3n) is 4.28. The molecule has 1 aliphatic heterocycles. The van der Waals surface area contributed by atoms with E-state index in [1.54, 1.807) is 16.4 Å². The highest BCUT2D eigenvalue weighted by molar-refractivity contribution is 7.89. The summed E-state index contributed by atoms with van der Waals surface area (Å²) in [6, 6.07) is 7.10. The molecule has 0 unspecified atom stereocenters. The third-order valence-corrected chi connectivity index (χ3v) is 6.88. The molecule has 1 aromatic carbocycles. The van der Waals surface area contributed by atoms with Crippen molar-refractivity contribution < 1.29 is 8.42 Å². The minimum Gasteiger partial charge on any atom is -0.356 e. The maximum Gasteiger partial charge on any atom is 0.243 e. The molecule has 0 amide bonds. The standard InChI is InChI=1S/C17H24N4O2S2/c1-13(2)16-19-17(24-20-16)18-12-14-6-8-15(9-7-14)25(22,23)21-10-4-3-5-11-21/h6-9,13H,3-5,10-12H2,1-2H3,(H,18,19,20). The Labute approximate surface area is 153 Å². The molecule has 0 radical (unpaired) electrons. The Morgan fingerprint density at radius 2 is 1.84 bits per heavy atom.